The van der Waals surface area contributed by atoms with E-state index < -0.39 is 29.9 Å². The topological polar surface area (TPSA) is 151 Å². The standard InChI is InChI=1S/C16H28N4O5/c1-9(2)8-12(20-14(22)10-4-3-7-18-10)15(23)19-11(16(24)25)5-6-13(17)21/h9-12,18H,3-8H2,1-2H3,(H2,17,21)(H,19,23)(H,20,22)(H,24,25)/t10-,11?,12?/m0/s1. The lowest BCUT2D eigenvalue weighted by atomic mass is 10.0. The van der Waals surface area contributed by atoms with E-state index in [0.29, 0.717) is 12.8 Å². The van der Waals surface area contributed by atoms with E-state index in [1.54, 1.807) is 0 Å². The molecule has 0 bridgehead atoms. The van der Waals surface area contributed by atoms with Crippen LogP contribution >= 0.6 is 0 Å². The normalized spacial score (nSPS) is 19.2. The minimum Gasteiger partial charge on any atom is -0.480 e. The molecular formula is C16H28N4O5. The van der Waals surface area contributed by atoms with Crippen molar-refractivity contribution in [3.8, 4) is 0 Å². The van der Waals surface area contributed by atoms with Crippen LogP contribution in [0.2, 0.25) is 0 Å². The molecule has 3 amide bonds. The second-order valence-electron chi connectivity index (χ2n) is 6.74. The number of hydrogen-bond acceptors (Lipinski definition) is 5. The molecule has 0 saturated carbocycles. The first-order valence-corrected chi connectivity index (χ1v) is 8.56. The van der Waals surface area contributed by atoms with Crippen molar-refractivity contribution in [2.75, 3.05) is 6.54 Å². The van der Waals surface area contributed by atoms with Gasteiger partial charge in [0.2, 0.25) is 17.7 Å². The Hall–Kier alpha value is -2.16. The number of rotatable bonds is 10. The highest BCUT2D eigenvalue weighted by atomic mass is 16.4. The summed E-state index contributed by atoms with van der Waals surface area (Å²) in [5, 5.41) is 17.3. The molecule has 0 aliphatic carbocycles. The van der Waals surface area contributed by atoms with Crippen LogP contribution in [0.1, 0.15) is 46.0 Å². The van der Waals surface area contributed by atoms with Gasteiger partial charge in [0.05, 0.1) is 6.04 Å². The van der Waals surface area contributed by atoms with Gasteiger partial charge in [-0.05, 0) is 38.1 Å². The third-order valence-electron chi connectivity index (χ3n) is 4.01. The van der Waals surface area contributed by atoms with Gasteiger partial charge in [-0.3, -0.25) is 14.4 Å². The Morgan fingerprint density at radius 3 is 2.36 bits per heavy atom. The molecule has 0 aromatic heterocycles. The zero-order valence-electron chi connectivity index (χ0n) is 14.7. The van der Waals surface area contributed by atoms with Gasteiger partial charge in [-0.2, -0.15) is 0 Å². The van der Waals surface area contributed by atoms with Crippen LogP contribution in [0.5, 0.6) is 0 Å². The molecule has 0 radical (unpaired) electrons. The summed E-state index contributed by atoms with van der Waals surface area (Å²) in [7, 11) is 0. The van der Waals surface area contributed by atoms with Gasteiger partial charge in [0.1, 0.15) is 12.1 Å². The monoisotopic (exact) mass is 356 g/mol. The molecule has 2 unspecified atom stereocenters. The summed E-state index contributed by atoms with van der Waals surface area (Å²) in [5.41, 5.74) is 5.02. The Bertz CT molecular complexity index is 503. The lowest BCUT2D eigenvalue weighted by molar-refractivity contribution is -0.142. The van der Waals surface area contributed by atoms with Crippen molar-refractivity contribution in [1.29, 1.82) is 0 Å². The van der Waals surface area contributed by atoms with Gasteiger partial charge in [-0.25, -0.2) is 4.79 Å². The number of nitrogens with one attached hydrogen (secondary N) is 3. The fourth-order valence-electron chi connectivity index (χ4n) is 2.70. The van der Waals surface area contributed by atoms with E-state index in [1.807, 2.05) is 13.8 Å². The van der Waals surface area contributed by atoms with Crippen molar-refractivity contribution in [2.24, 2.45) is 11.7 Å². The fraction of sp³-hybridized carbons (Fsp3) is 0.750. The second kappa shape index (κ2) is 9.97. The number of primary amides is 1. The number of carbonyl (C=O) groups is 4. The molecule has 142 valence electrons. The zero-order valence-corrected chi connectivity index (χ0v) is 14.7. The van der Waals surface area contributed by atoms with Crippen LogP contribution in [0, 0.1) is 5.92 Å². The molecule has 0 spiro atoms. The number of nitrogens with two attached hydrogens (primary N) is 1. The number of hydrogen-bond donors (Lipinski definition) is 5. The van der Waals surface area contributed by atoms with Crippen LogP contribution in [-0.2, 0) is 19.2 Å². The number of carbonyl (C=O) groups excluding carboxylic acids is 3. The molecular weight excluding hydrogens is 328 g/mol. The molecule has 25 heavy (non-hydrogen) atoms. The van der Waals surface area contributed by atoms with E-state index in [9.17, 15) is 24.3 Å². The highest BCUT2D eigenvalue weighted by Gasteiger charge is 2.30. The highest BCUT2D eigenvalue weighted by molar-refractivity contribution is 5.92. The fourth-order valence-corrected chi connectivity index (χ4v) is 2.70. The summed E-state index contributed by atoms with van der Waals surface area (Å²) in [6, 6.07) is -2.38. The molecule has 1 aliphatic rings. The van der Waals surface area contributed by atoms with Gasteiger partial charge < -0.3 is 26.8 Å². The molecule has 1 heterocycles. The molecule has 9 nitrogen and oxygen atoms in total. The SMILES string of the molecule is CC(C)CC(NC(=O)[C@@H]1CCCN1)C(=O)NC(CCC(N)=O)C(=O)O. The maximum absolute atomic E-state index is 12.5. The highest BCUT2D eigenvalue weighted by Crippen LogP contribution is 2.09. The lowest BCUT2D eigenvalue weighted by Crippen LogP contribution is -2.54. The molecule has 1 saturated heterocycles. The average Bonchev–Trinajstić information content (AvgIpc) is 3.03. The van der Waals surface area contributed by atoms with Gasteiger partial charge in [0, 0.05) is 6.42 Å². The third kappa shape index (κ3) is 7.51. The number of aliphatic carboxylic acids is 1. The van der Waals surface area contributed by atoms with E-state index in [1.165, 1.54) is 0 Å². The third-order valence-corrected chi connectivity index (χ3v) is 4.01. The molecule has 1 fully saturated rings. The van der Waals surface area contributed by atoms with Crippen molar-refractivity contribution < 1.29 is 24.3 Å². The summed E-state index contributed by atoms with van der Waals surface area (Å²) in [6.45, 7) is 4.57. The van der Waals surface area contributed by atoms with Gasteiger partial charge in [0.15, 0.2) is 0 Å². The summed E-state index contributed by atoms with van der Waals surface area (Å²) < 4.78 is 0. The van der Waals surface area contributed by atoms with E-state index >= 15 is 0 Å². The molecule has 9 heteroatoms. The number of carboxylic acids is 1. The van der Waals surface area contributed by atoms with Crippen molar-refractivity contribution >= 4 is 23.7 Å². The first kappa shape index (κ1) is 20.9. The van der Waals surface area contributed by atoms with Crippen molar-refractivity contribution in [3.63, 3.8) is 0 Å². The maximum Gasteiger partial charge on any atom is 0.326 e. The Kier molecular flexibility index (Phi) is 8.33. The van der Waals surface area contributed by atoms with Crippen LogP contribution in [0.25, 0.3) is 0 Å². The molecule has 1 aliphatic heterocycles. The van der Waals surface area contributed by atoms with Crippen molar-refractivity contribution in [2.45, 2.75) is 64.1 Å². The van der Waals surface area contributed by atoms with Crippen LogP contribution in [0.15, 0.2) is 0 Å². The Morgan fingerprint density at radius 2 is 1.88 bits per heavy atom. The summed E-state index contributed by atoms with van der Waals surface area (Å²) in [5.74, 6) is -2.60. The predicted molar refractivity (Wildman–Crippen MR) is 90.4 cm³/mol. The van der Waals surface area contributed by atoms with Gasteiger partial charge in [-0.1, -0.05) is 13.8 Å². The first-order chi connectivity index (χ1) is 11.7. The van der Waals surface area contributed by atoms with Gasteiger partial charge in [-0.15, -0.1) is 0 Å². The van der Waals surface area contributed by atoms with Crippen molar-refractivity contribution in [1.82, 2.24) is 16.0 Å². The summed E-state index contributed by atoms with van der Waals surface area (Å²) >= 11 is 0. The molecule has 0 aromatic rings. The van der Waals surface area contributed by atoms with Crippen LogP contribution < -0.4 is 21.7 Å². The second-order valence-corrected chi connectivity index (χ2v) is 6.74. The first-order valence-electron chi connectivity index (χ1n) is 8.56. The average molecular weight is 356 g/mol. The minimum absolute atomic E-state index is 0.0943. The quantitative estimate of drug-likeness (QED) is 0.342. The van der Waals surface area contributed by atoms with Crippen LogP contribution in [0.4, 0.5) is 0 Å². The summed E-state index contributed by atoms with van der Waals surface area (Å²) in [6.07, 6.45) is 1.74. The smallest absolute Gasteiger partial charge is 0.326 e. The Labute approximate surface area is 147 Å². The maximum atomic E-state index is 12.5. The Balaban J connectivity index is 2.71. The largest absolute Gasteiger partial charge is 0.480 e. The van der Waals surface area contributed by atoms with E-state index in [2.05, 4.69) is 16.0 Å². The van der Waals surface area contributed by atoms with Gasteiger partial charge in [0.25, 0.3) is 0 Å². The lowest BCUT2D eigenvalue weighted by Gasteiger charge is -2.24. The Morgan fingerprint density at radius 1 is 1.20 bits per heavy atom. The number of carboxylic acid groups (broad SMARTS) is 1. The number of amides is 3. The van der Waals surface area contributed by atoms with Crippen molar-refractivity contribution in [3.05, 3.63) is 0 Å². The summed E-state index contributed by atoms with van der Waals surface area (Å²) in [4.78, 5) is 46.8. The predicted octanol–water partition coefficient (Wildman–Crippen LogP) is -0.896. The molecule has 0 aromatic carbocycles. The zero-order chi connectivity index (χ0) is 19.0. The van der Waals surface area contributed by atoms with E-state index in [0.717, 1.165) is 13.0 Å². The molecule has 6 N–H and O–H groups in total. The van der Waals surface area contributed by atoms with Gasteiger partial charge >= 0.3 is 5.97 Å². The molecule has 3 atom stereocenters. The minimum atomic E-state index is -1.25. The van der Waals surface area contributed by atoms with E-state index in [-0.39, 0.29) is 30.7 Å². The molecule has 1 rings (SSSR count). The van der Waals surface area contributed by atoms with Crippen LogP contribution in [0.3, 0.4) is 0 Å². The van der Waals surface area contributed by atoms with E-state index in [4.69, 9.17) is 5.73 Å². The van der Waals surface area contributed by atoms with Crippen LogP contribution in [-0.4, -0.2) is 53.5 Å².